The molecule has 0 amide bonds. The molecule has 0 bridgehead atoms. The Kier molecular flexibility index (Phi) is 5.53. The van der Waals surface area contributed by atoms with Crippen molar-refractivity contribution in [2.75, 3.05) is 0 Å². The van der Waals surface area contributed by atoms with Crippen LogP contribution in [0.25, 0.3) is 0 Å². The quantitative estimate of drug-likeness (QED) is 0.600. The van der Waals surface area contributed by atoms with Gasteiger partial charge < -0.3 is 9.41 Å². The molecule has 0 saturated carbocycles. The van der Waals surface area contributed by atoms with Crippen LogP contribution in [-0.2, 0) is 9.22 Å². The second-order valence-corrected chi connectivity index (χ2v) is 16.4. The van der Waals surface area contributed by atoms with Crippen molar-refractivity contribution in [2.45, 2.75) is 51.7 Å². The van der Waals surface area contributed by atoms with Crippen LogP contribution in [0, 0.1) is 0 Å². The van der Waals surface area contributed by atoms with Gasteiger partial charge in [-0.15, -0.1) is 0 Å². The van der Waals surface area contributed by atoms with Gasteiger partial charge in [-0.05, 0) is 31.9 Å². The molecule has 1 heterocycles. The second-order valence-electron chi connectivity index (χ2n) is 6.83. The van der Waals surface area contributed by atoms with Gasteiger partial charge in [0, 0.05) is 6.42 Å². The minimum Gasteiger partial charge on any atom is -0.519 e. The summed E-state index contributed by atoms with van der Waals surface area (Å²) in [5, 5.41) is 0.324. The van der Waals surface area contributed by atoms with Crippen LogP contribution in [0.4, 0.5) is 0 Å². The smallest absolute Gasteiger partial charge is 0.309 e. The van der Waals surface area contributed by atoms with E-state index in [-0.39, 0.29) is 12.0 Å². The maximum Gasteiger partial charge on any atom is 0.309 e. The van der Waals surface area contributed by atoms with Crippen molar-refractivity contribution in [3.8, 4) is 0 Å². The van der Waals surface area contributed by atoms with Gasteiger partial charge in [-0.1, -0.05) is 19.6 Å². The first kappa shape index (κ1) is 17.3. The average molecular weight is 330 g/mol. The van der Waals surface area contributed by atoms with E-state index in [1.165, 1.54) is 0 Å². The van der Waals surface area contributed by atoms with Crippen molar-refractivity contribution in [3.05, 3.63) is 0 Å². The highest BCUT2D eigenvalue weighted by molar-refractivity contribution is 7.80. The molecule has 0 aromatic carbocycles. The lowest BCUT2D eigenvalue weighted by Crippen LogP contribution is -2.54. The first-order valence-electron chi connectivity index (χ1n) is 6.62. The third kappa shape index (κ3) is 6.64. The van der Waals surface area contributed by atoms with Crippen LogP contribution in [0.5, 0.6) is 0 Å². The van der Waals surface area contributed by atoms with E-state index < -0.39 is 16.6 Å². The third-order valence-corrected chi connectivity index (χ3v) is 4.50. The molecule has 0 aliphatic carbocycles. The Morgan fingerprint density at radius 1 is 1.35 bits per heavy atom. The van der Waals surface area contributed by atoms with Crippen LogP contribution >= 0.6 is 12.2 Å². The summed E-state index contributed by atoms with van der Waals surface area (Å²) < 4.78 is 5.61. The van der Waals surface area contributed by atoms with Gasteiger partial charge in [0.25, 0.3) is 0 Å². The zero-order chi connectivity index (χ0) is 15.6. The van der Waals surface area contributed by atoms with Crippen molar-refractivity contribution in [1.82, 2.24) is 4.98 Å². The Morgan fingerprint density at radius 3 is 2.35 bits per heavy atom. The normalized spacial score (nSPS) is 17.1. The molecular weight excluding hydrogens is 306 g/mol. The monoisotopic (exact) mass is 329 g/mol. The Hall–Kier alpha value is -0.706. The summed E-state index contributed by atoms with van der Waals surface area (Å²) >= 11 is 4.91. The van der Waals surface area contributed by atoms with Crippen LogP contribution in [-0.4, -0.2) is 45.6 Å². The van der Waals surface area contributed by atoms with Crippen molar-refractivity contribution in [2.24, 2.45) is 9.98 Å². The van der Waals surface area contributed by atoms with Gasteiger partial charge in [0.2, 0.25) is 13.4 Å². The lowest BCUT2D eigenvalue weighted by molar-refractivity contribution is -0.136. The summed E-state index contributed by atoms with van der Waals surface area (Å²) in [6.45, 7) is 12.4. The fraction of sp³-hybridized carbons (Fsp3) is 0.667. The summed E-state index contributed by atoms with van der Waals surface area (Å²) in [5.74, 6) is -0.194. The Bertz CT molecular complexity index is 464. The van der Waals surface area contributed by atoms with Gasteiger partial charge in [0.1, 0.15) is 14.3 Å². The van der Waals surface area contributed by atoms with E-state index in [1.807, 2.05) is 19.6 Å². The highest BCUT2D eigenvalue weighted by atomic mass is 32.1. The van der Waals surface area contributed by atoms with E-state index >= 15 is 0 Å². The Balaban J connectivity index is 2.80. The van der Waals surface area contributed by atoms with E-state index in [2.05, 4.69) is 34.6 Å². The molecule has 20 heavy (non-hydrogen) atoms. The number of nitrogens with zero attached hydrogens (tertiary/aromatic N) is 2. The molecule has 1 aliphatic heterocycles. The van der Waals surface area contributed by atoms with Crippen molar-refractivity contribution < 1.29 is 9.22 Å². The summed E-state index contributed by atoms with van der Waals surface area (Å²) in [5.41, 5.74) is 0.735. The van der Waals surface area contributed by atoms with Crippen molar-refractivity contribution in [1.29, 1.82) is 0 Å². The minimum absolute atomic E-state index is 0.194. The molecule has 1 atom stereocenters. The Morgan fingerprint density at radius 2 is 1.95 bits per heavy atom. The maximum atomic E-state index is 12.3. The van der Waals surface area contributed by atoms with E-state index in [0.717, 1.165) is 5.71 Å². The zero-order valence-electron chi connectivity index (χ0n) is 13.0. The van der Waals surface area contributed by atoms with Gasteiger partial charge in [0.15, 0.2) is 0 Å². The van der Waals surface area contributed by atoms with Gasteiger partial charge in [-0.2, -0.15) is 0 Å². The van der Waals surface area contributed by atoms with Crippen molar-refractivity contribution in [3.63, 3.8) is 0 Å². The molecule has 0 radical (unpaired) electrons. The number of hydrogen-bond donors (Lipinski definition) is 1. The number of aliphatic imine (C=N–C) groups is 2. The SMILES string of the molecule is C[Si](C)(C)NC(CC1=NC(=S)N=C1)C(=O)O[Si](C)(C)C. The molecule has 1 N–H and O–H groups in total. The van der Waals surface area contributed by atoms with E-state index in [1.54, 1.807) is 6.21 Å². The zero-order valence-corrected chi connectivity index (χ0v) is 15.8. The minimum atomic E-state index is -1.90. The predicted octanol–water partition coefficient (Wildman–Crippen LogP) is 2.36. The number of nitrogens with one attached hydrogen (secondary N) is 1. The molecule has 1 aliphatic rings. The standard InChI is InChI=1S/C12H23N3O2SSi2/c1-19(2,3)15-10(11(16)17-20(4,5)6)7-9-8-13-12(18)14-9/h8,10,15H,7H2,1-6H3. The van der Waals surface area contributed by atoms with Crippen LogP contribution < -0.4 is 4.98 Å². The fourth-order valence-electron chi connectivity index (χ4n) is 1.71. The van der Waals surface area contributed by atoms with E-state index in [4.69, 9.17) is 16.6 Å². The molecule has 0 aromatic rings. The molecule has 8 heteroatoms. The molecule has 0 spiro atoms. The summed E-state index contributed by atoms with van der Waals surface area (Å²) in [7, 11) is -3.52. The third-order valence-electron chi connectivity index (χ3n) is 2.28. The molecule has 1 rings (SSSR count). The van der Waals surface area contributed by atoms with Crippen LogP contribution in [0.2, 0.25) is 39.3 Å². The van der Waals surface area contributed by atoms with Crippen LogP contribution in [0.1, 0.15) is 6.42 Å². The van der Waals surface area contributed by atoms with Gasteiger partial charge in [-0.25, -0.2) is 9.98 Å². The van der Waals surface area contributed by atoms with E-state index in [9.17, 15) is 4.79 Å². The van der Waals surface area contributed by atoms with Crippen LogP contribution in [0.15, 0.2) is 9.98 Å². The van der Waals surface area contributed by atoms with Gasteiger partial charge in [-0.3, -0.25) is 4.79 Å². The maximum absolute atomic E-state index is 12.3. The summed E-state index contributed by atoms with van der Waals surface area (Å²) in [6.07, 6.45) is 2.10. The molecule has 0 fully saturated rings. The Labute approximate surface area is 128 Å². The van der Waals surface area contributed by atoms with Crippen LogP contribution in [0.3, 0.4) is 0 Å². The first-order chi connectivity index (χ1) is 8.96. The van der Waals surface area contributed by atoms with E-state index in [0.29, 0.717) is 11.5 Å². The molecular formula is C12H23N3O2SSi2. The van der Waals surface area contributed by atoms with Gasteiger partial charge in [0.05, 0.1) is 11.9 Å². The second kappa shape index (κ2) is 6.38. The average Bonchev–Trinajstić information content (AvgIpc) is 2.58. The highest BCUT2D eigenvalue weighted by Gasteiger charge is 2.31. The highest BCUT2D eigenvalue weighted by Crippen LogP contribution is 2.11. The molecule has 112 valence electrons. The molecule has 0 aromatic heterocycles. The first-order valence-corrected chi connectivity index (χ1v) is 13.9. The molecule has 0 saturated heterocycles. The van der Waals surface area contributed by atoms with Crippen molar-refractivity contribution >= 4 is 51.8 Å². The number of carbonyl (C=O) groups excluding carboxylic acids is 1. The number of rotatable bonds is 6. The number of thiocarbonyl (C=S) groups is 1. The predicted molar refractivity (Wildman–Crippen MR) is 92.8 cm³/mol. The molecule has 5 nitrogen and oxygen atoms in total. The fourth-order valence-corrected chi connectivity index (χ4v) is 3.89. The summed E-state index contributed by atoms with van der Waals surface area (Å²) in [4.78, 5) is 23.9. The molecule has 1 unspecified atom stereocenters. The summed E-state index contributed by atoms with van der Waals surface area (Å²) in [6, 6.07) is -0.375. The number of hydrogen-bond acceptors (Lipinski definition) is 4. The topological polar surface area (TPSA) is 63.0 Å². The lowest BCUT2D eigenvalue weighted by atomic mass is 10.1. The largest absolute Gasteiger partial charge is 0.519 e. The lowest BCUT2D eigenvalue weighted by Gasteiger charge is -2.28. The van der Waals surface area contributed by atoms with Gasteiger partial charge >= 0.3 is 5.97 Å². The number of carbonyl (C=O) groups is 1.